The molecule has 2 fully saturated rings. The number of benzene rings is 1. The number of nitrogens with zero attached hydrogens (tertiary/aromatic N) is 3. The Kier molecular flexibility index (Phi) is 4.36. The third-order valence-electron chi connectivity index (χ3n) is 5.82. The Balaban J connectivity index is 1.22. The number of rotatable bonds is 5. The molecule has 5 rings (SSSR count). The molecule has 144 valence electrons. The van der Waals surface area contributed by atoms with Crippen molar-refractivity contribution in [3.8, 4) is 0 Å². The van der Waals surface area contributed by atoms with E-state index in [0.29, 0.717) is 17.5 Å². The van der Waals surface area contributed by atoms with Crippen molar-refractivity contribution in [1.29, 1.82) is 0 Å². The van der Waals surface area contributed by atoms with E-state index in [-0.39, 0.29) is 11.9 Å². The van der Waals surface area contributed by atoms with E-state index in [2.05, 4.69) is 51.5 Å². The van der Waals surface area contributed by atoms with Crippen molar-refractivity contribution in [2.75, 3.05) is 13.1 Å². The Morgan fingerprint density at radius 2 is 2.14 bits per heavy atom. The molecule has 1 saturated heterocycles. The standard InChI is InChI=1S/C22H24N4O2/c1-14-11-26(12-15-4-7-18-17(9-15)3-2-8-23-18)13-20(14)24-22(27)19-10-21(28-25-19)16-5-6-16/h2-4,7-10,14,16,20H,5-6,11-13H2,1H3,(H,24,27). The van der Waals surface area contributed by atoms with Crippen molar-refractivity contribution in [2.45, 2.75) is 38.3 Å². The highest BCUT2D eigenvalue weighted by Crippen LogP contribution is 2.40. The minimum absolute atomic E-state index is 0.121. The molecular weight excluding hydrogens is 352 g/mol. The predicted octanol–water partition coefficient (Wildman–Crippen LogP) is 3.35. The SMILES string of the molecule is CC1CN(Cc2ccc3ncccc3c2)CC1NC(=O)c1cc(C2CC2)on1. The molecule has 1 saturated carbocycles. The number of hydrogen-bond acceptors (Lipinski definition) is 5. The summed E-state index contributed by atoms with van der Waals surface area (Å²) in [7, 11) is 0. The van der Waals surface area contributed by atoms with Crippen LogP contribution in [-0.4, -0.2) is 40.1 Å². The van der Waals surface area contributed by atoms with Crippen LogP contribution >= 0.6 is 0 Å². The summed E-state index contributed by atoms with van der Waals surface area (Å²) in [5, 5.41) is 8.27. The van der Waals surface area contributed by atoms with Crippen LogP contribution in [0.1, 0.15) is 47.5 Å². The van der Waals surface area contributed by atoms with E-state index >= 15 is 0 Å². The molecule has 2 aliphatic rings. The second-order valence-electron chi connectivity index (χ2n) is 8.17. The quantitative estimate of drug-likeness (QED) is 0.739. The summed E-state index contributed by atoms with van der Waals surface area (Å²) >= 11 is 0. The van der Waals surface area contributed by atoms with Gasteiger partial charge in [0.25, 0.3) is 5.91 Å². The van der Waals surface area contributed by atoms with Gasteiger partial charge in [-0.15, -0.1) is 0 Å². The zero-order valence-electron chi connectivity index (χ0n) is 16.0. The van der Waals surface area contributed by atoms with Gasteiger partial charge in [-0.05, 0) is 42.5 Å². The first kappa shape index (κ1) is 17.4. The van der Waals surface area contributed by atoms with Gasteiger partial charge in [0.15, 0.2) is 5.69 Å². The van der Waals surface area contributed by atoms with E-state index < -0.39 is 0 Å². The van der Waals surface area contributed by atoms with Crippen LogP contribution in [0.4, 0.5) is 0 Å². The van der Waals surface area contributed by atoms with Gasteiger partial charge in [0.05, 0.1) is 5.52 Å². The van der Waals surface area contributed by atoms with Gasteiger partial charge < -0.3 is 9.84 Å². The molecule has 28 heavy (non-hydrogen) atoms. The third kappa shape index (κ3) is 3.52. The van der Waals surface area contributed by atoms with Crippen LogP contribution in [0.15, 0.2) is 47.1 Å². The first-order valence-electron chi connectivity index (χ1n) is 9.99. The van der Waals surface area contributed by atoms with E-state index in [1.807, 2.05) is 12.3 Å². The van der Waals surface area contributed by atoms with Gasteiger partial charge in [0.1, 0.15) is 5.76 Å². The second-order valence-corrected chi connectivity index (χ2v) is 8.17. The topological polar surface area (TPSA) is 71.3 Å². The van der Waals surface area contributed by atoms with E-state index in [1.54, 1.807) is 6.07 Å². The molecule has 0 radical (unpaired) electrons. The highest BCUT2D eigenvalue weighted by molar-refractivity contribution is 5.92. The summed E-state index contributed by atoms with van der Waals surface area (Å²) in [6.07, 6.45) is 4.09. The Hall–Kier alpha value is -2.73. The molecule has 6 heteroatoms. The minimum atomic E-state index is -0.133. The van der Waals surface area contributed by atoms with Gasteiger partial charge in [-0.1, -0.05) is 24.2 Å². The van der Waals surface area contributed by atoms with Gasteiger partial charge in [-0.3, -0.25) is 14.7 Å². The maximum atomic E-state index is 12.6. The number of carbonyl (C=O) groups is 1. The van der Waals surface area contributed by atoms with Gasteiger partial charge in [0.2, 0.25) is 0 Å². The monoisotopic (exact) mass is 376 g/mol. The van der Waals surface area contributed by atoms with Crippen molar-refractivity contribution in [2.24, 2.45) is 5.92 Å². The Morgan fingerprint density at radius 3 is 3.00 bits per heavy atom. The Bertz CT molecular complexity index is 1010. The first-order valence-corrected chi connectivity index (χ1v) is 9.99. The molecule has 2 atom stereocenters. The van der Waals surface area contributed by atoms with E-state index in [1.165, 1.54) is 5.56 Å². The van der Waals surface area contributed by atoms with Crippen molar-refractivity contribution in [1.82, 2.24) is 20.4 Å². The Morgan fingerprint density at radius 1 is 1.25 bits per heavy atom. The smallest absolute Gasteiger partial charge is 0.273 e. The maximum absolute atomic E-state index is 12.6. The number of carbonyl (C=O) groups excluding carboxylic acids is 1. The van der Waals surface area contributed by atoms with Crippen LogP contribution in [0, 0.1) is 5.92 Å². The molecule has 1 aliphatic heterocycles. The van der Waals surface area contributed by atoms with Crippen LogP contribution < -0.4 is 5.32 Å². The highest BCUT2D eigenvalue weighted by Gasteiger charge is 2.33. The van der Waals surface area contributed by atoms with Crippen molar-refractivity contribution in [3.05, 3.63) is 59.6 Å². The van der Waals surface area contributed by atoms with E-state index in [4.69, 9.17) is 4.52 Å². The number of amides is 1. The van der Waals surface area contributed by atoms with Crippen molar-refractivity contribution >= 4 is 16.8 Å². The van der Waals surface area contributed by atoms with Gasteiger partial charge in [0, 0.05) is 49.2 Å². The average Bonchev–Trinajstić information content (AvgIpc) is 3.33. The first-order chi connectivity index (χ1) is 13.7. The van der Waals surface area contributed by atoms with Gasteiger partial charge in [-0.25, -0.2) is 0 Å². The summed E-state index contributed by atoms with van der Waals surface area (Å²) in [4.78, 5) is 19.3. The lowest BCUT2D eigenvalue weighted by atomic mass is 10.1. The number of aromatic nitrogens is 2. The number of pyridine rings is 1. The number of hydrogen-bond donors (Lipinski definition) is 1. The minimum Gasteiger partial charge on any atom is -0.360 e. The summed E-state index contributed by atoms with van der Waals surface area (Å²) < 4.78 is 5.31. The molecular formula is C22H24N4O2. The lowest BCUT2D eigenvalue weighted by molar-refractivity contribution is 0.0922. The molecule has 3 heterocycles. The number of nitrogens with one attached hydrogen (secondary N) is 1. The fraction of sp³-hybridized carbons (Fsp3) is 0.409. The molecule has 1 aliphatic carbocycles. The zero-order chi connectivity index (χ0) is 19.1. The average molecular weight is 376 g/mol. The van der Waals surface area contributed by atoms with Gasteiger partial charge >= 0.3 is 0 Å². The van der Waals surface area contributed by atoms with Crippen LogP contribution in [0.25, 0.3) is 10.9 Å². The number of likely N-dealkylation sites (tertiary alicyclic amines) is 1. The second kappa shape index (κ2) is 7.02. The van der Waals surface area contributed by atoms with E-state index in [9.17, 15) is 4.79 Å². The molecule has 2 unspecified atom stereocenters. The van der Waals surface area contributed by atoms with Crippen LogP contribution in [-0.2, 0) is 6.54 Å². The lowest BCUT2D eigenvalue weighted by Gasteiger charge is -2.17. The third-order valence-corrected chi connectivity index (χ3v) is 5.82. The molecule has 0 spiro atoms. The van der Waals surface area contributed by atoms with Crippen LogP contribution in [0.5, 0.6) is 0 Å². The molecule has 0 bridgehead atoms. The van der Waals surface area contributed by atoms with E-state index in [0.717, 1.165) is 49.1 Å². The summed E-state index contributed by atoms with van der Waals surface area (Å²) in [5.74, 6) is 1.57. The van der Waals surface area contributed by atoms with Crippen molar-refractivity contribution in [3.63, 3.8) is 0 Å². The molecule has 2 aromatic heterocycles. The normalized spacial score (nSPS) is 22.6. The predicted molar refractivity (Wildman–Crippen MR) is 106 cm³/mol. The zero-order valence-corrected chi connectivity index (χ0v) is 16.0. The molecule has 1 aromatic carbocycles. The molecule has 1 amide bonds. The number of fused-ring (bicyclic) bond motifs is 1. The van der Waals surface area contributed by atoms with Crippen LogP contribution in [0.3, 0.4) is 0 Å². The maximum Gasteiger partial charge on any atom is 0.273 e. The van der Waals surface area contributed by atoms with Gasteiger partial charge in [-0.2, -0.15) is 0 Å². The highest BCUT2D eigenvalue weighted by atomic mass is 16.5. The summed E-state index contributed by atoms with van der Waals surface area (Å²) in [5.41, 5.74) is 2.68. The molecule has 6 nitrogen and oxygen atoms in total. The molecule has 3 aromatic rings. The summed E-state index contributed by atoms with van der Waals surface area (Å²) in [6, 6.07) is 12.4. The van der Waals surface area contributed by atoms with Crippen LogP contribution in [0.2, 0.25) is 0 Å². The fourth-order valence-electron chi connectivity index (χ4n) is 4.06. The fourth-order valence-corrected chi connectivity index (χ4v) is 4.06. The molecule has 1 N–H and O–H groups in total. The Labute approximate surface area is 163 Å². The van der Waals surface area contributed by atoms with Crippen molar-refractivity contribution < 1.29 is 9.32 Å². The largest absolute Gasteiger partial charge is 0.360 e. The lowest BCUT2D eigenvalue weighted by Crippen LogP contribution is -2.39. The summed E-state index contributed by atoms with van der Waals surface area (Å²) in [6.45, 7) is 4.86.